The van der Waals surface area contributed by atoms with Gasteiger partial charge in [0.2, 0.25) is 5.56 Å². The first kappa shape index (κ1) is 12.9. The van der Waals surface area contributed by atoms with Gasteiger partial charge in [-0.15, -0.1) is 0 Å². The Morgan fingerprint density at radius 2 is 2.21 bits per heavy atom. The lowest BCUT2D eigenvalue weighted by molar-refractivity contribution is 0.359. The van der Waals surface area contributed by atoms with Gasteiger partial charge in [0.15, 0.2) is 0 Å². The average Bonchev–Trinajstić information content (AvgIpc) is 3.21. The molecular formula is C16H24N2O. The van der Waals surface area contributed by atoms with E-state index in [1.165, 1.54) is 44.1 Å². The molecule has 2 aliphatic carbocycles. The number of aromatic nitrogens is 1. The van der Waals surface area contributed by atoms with Gasteiger partial charge in [0.25, 0.3) is 0 Å². The van der Waals surface area contributed by atoms with E-state index in [0.29, 0.717) is 12.1 Å². The second kappa shape index (κ2) is 5.49. The van der Waals surface area contributed by atoms with E-state index < -0.39 is 0 Å². The number of hydrogen-bond donors (Lipinski definition) is 2. The number of rotatable bonds is 5. The number of aryl methyl sites for hydroxylation is 1. The minimum Gasteiger partial charge on any atom is -0.326 e. The Hall–Kier alpha value is -1.09. The molecule has 0 amide bonds. The van der Waals surface area contributed by atoms with Gasteiger partial charge in [-0.3, -0.25) is 4.79 Å². The zero-order chi connectivity index (χ0) is 13.2. The molecule has 1 fully saturated rings. The van der Waals surface area contributed by atoms with Gasteiger partial charge < -0.3 is 10.3 Å². The number of fused-ring (bicyclic) bond motifs is 1. The maximum absolute atomic E-state index is 11.4. The zero-order valence-corrected chi connectivity index (χ0v) is 11.7. The van der Waals surface area contributed by atoms with Gasteiger partial charge in [-0.05, 0) is 43.6 Å². The van der Waals surface area contributed by atoms with Crippen LogP contribution in [-0.4, -0.2) is 11.0 Å². The van der Waals surface area contributed by atoms with E-state index in [2.05, 4.69) is 17.2 Å². The Morgan fingerprint density at radius 1 is 1.37 bits per heavy atom. The van der Waals surface area contributed by atoms with E-state index in [1.54, 1.807) is 6.07 Å². The molecule has 3 rings (SSSR count). The summed E-state index contributed by atoms with van der Waals surface area (Å²) in [6, 6.07) is 4.76. The molecule has 2 unspecified atom stereocenters. The second-order valence-corrected chi connectivity index (χ2v) is 6.15. The SMILES string of the molecule is CCC(CC1CC1)NC1CCCc2[nH]c(=O)ccc21. The van der Waals surface area contributed by atoms with Crippen molar-refractivity contribution in [2.45, 2.75) is 64.0 Å². The molecule has 0 radical (unpaired) electrons. The first-order valence-corrected chi connectivity index (χ1v) is 7.74. The summed E-state index contributed by atoms with van der Waals surface area (Å²) >= 11 is 0. The molecule has 0 aromatic carbocycles. The molecule has 19 heavy (non-hydrogen) atoms. The van der Waals surface area contributed by atoms with Crippen LogP contribution in [-0.2, 0) is 6.42 Å². The van der Waals surface area contributed by atoms with Gasteiger partial charge in [0, 0.05) is 23.8 Å². The molecule has 2 atom stereocenters. The Balaban J connectivity index is 1.73. The Kier molecular flexibility index (Phi) is 3.74. The van der Waals surface area contributed by atoms with E-state index in [0.717, 1.165) is 18.0 Å². The molecule has 2 aliphatic rings. The predicted octanol–water partition coefficient (Wildman–Crippen LogP) is 2.92. The molecule has 1 aromatic heterocycles. The lowest BCUT2D eigenvalue weighted by atomic mass is 9.90. The quantitative estimate of drug-likeness (QED) is 0.855. The third-order valence-corrected chi connectivity index (χ3v) is 4.58. The fraction of sp³-hybridized carbons (Fsp3) is 0.688. The van der Waals surface area contributed by atoms with Crippen LogP contribution >= 0.6 is 0 Å². The molecule has 0 spiro atoms. The molecule has 0 saturated heterocycles. The molecule has 1 heterocycles. The van der Waals surface area contributed by atoms with Crippen LogP contribution in [0.5, 0.6) is 0 Å². The summed E-state index contributed by atoms with van der Waals surface area (Å²) in [7, 11) is 0. The fourth-order valence-corrected chi connectivity index (χ4v) is 3.27. The van der Waals surface area contributed by atoms with Gasteiger partial charge in [-0.2, -0.15) is 0 Å². The Labute approximate surface area is 114 Å². The maximum Gasteiger partial charge on any atom is 0.248 e. The fourth-order valence-electron chi connectivity index (χ4n) is 3.27. The summed E-state index contributed by atoms with van der Waals surface area (Å²) in [6.45, 7) is 2.27. The standard InChI is InChI=1S/C16H24N2O/c1-2-12(10-11-6-7-11)17-14-4-3-5-15-13(14)8-9-16(19)18-15/h8-9,11-12,14,17H,2-7,10H2,1H3,(H,18,19). The van der Waals surface area contributed by atoms with Crippen molar-refractivity contribution in [3.63, 3.8) is 0 Å². The number of nitrogens with one attached hydrogen (secondary N) is 2. The topological polar surface area (TPSA) is 44.9 Å². The van der Waals surface area contributed by atoms with Gasteiger partial charge in [-0.1, -0.05) is 25.8 Å². The molecule has 2 N–H and O–H groups in total. The van der Waals surface area contributed by atoms with Gasteiger partial charge in [-0.25, -0.2) is 0 Å². The smallest absolute Gasteiger partial charge is 0.248 e. The third-order valence-electron chi connectivity index (χ3n) is 4.58. The normalized spacial score (nSPS) is 23.9. The van der Waals surface area contributed by atoms with Crippen LogP contribution < -0.4 is 10.9 Å². The summed E-state index contributed by atoms with van der Waals surface area (Å²) in [5.41, 5.74) is 2.50. The Bertz CT molecular complexity index is 490. The van der Waals surface area contributed by atoms with Crippen molar-refractivity contribution in [1.29, 1.82) is 0 Å². The van der Waals surface area contributed by atoms with Crippen molar-refractivity contribution in [2.75, 3.05) is 0 Å². The van der Waals surface area contributed by atoms with Gasteiger partial charge in [0.1, 0.15) is 0 Å². The number of H-pyrrole nitrogens is 1. The zero-order valence-electron chi connectivity index (χ0n) is 11.7. The number of aromatic amines is 1. The van der Waals surface area contributed by atoms with Crippen LogP contribution in [0.3, 0.4) is 0 Å². The Morgan fingerprint density at radius 3 is 2.95 bits per heavy atom. The highest BCUT2D eigenvalue weighted by molar-refractivity contribution is 5.26. The van der Waals surface area contributed by atoms with Crippen LogP contribution in [0.1, 0.15) is 62.7 Å². The van der Waals surface area contributed by atoms with Crippen LogP contribution in [0, 0.1) is 5.92 Å². The highest BCUT2D eigenvalue weighted by Crippen LogP contribution is 2.35. The van der Waals surface area contributed by atoms with Crippen molar-refractivity contribution >= 4 is 0 Å². The van der Waals surface area contributed by atoms with Crippen molar-refractivity contribution in [3.05, 3.63) is 33.7 Å². The van der Waals surface area contributed by atoms with Crippen molar-refractivity contribution < 1.29 is 0 Å². The highest BCUT2D eigenvalue weighted by Gasteiger charge is 2.27. The number of hydrogen-bond acceptors (Lipinski definition) is 2. The molecule has 3 heteroatoms. The summed E-state index contributed by atoms with van der Waals surface area (Å²) in [5.74, 6) is 0.969. The summed E-state index contributed by atoms with van der Waals surface area (Å²) in [4.78, 5) is 14.4. The minimum absolute atomic E-state index is 0.0319. The van der Waals surface area contributed by atoms with Gasteiger partial charge in [0.05, 0.1) is 0 Å². The first-order chi connectivity index (χ1) is 9.26. The summed E-state index contributed by atoms with van der Waals surface area (Å²) in [5, 5.41) is 3.83. The lowest BCUT2D eigenvalue weighted by Crippen LogP contribution is -2.35. The van der Waals surface area contributed by atoms with Crippen molar-refractivity contribution in [1.82, 2.24) is 10.3 Å². The molecule has 3 nitrogen and oxygen atoms in total. The van der Waals surface area contributed by atoms with Crippen LogP contribution in [0.15, 0.2) is 16.9 Å². The number of pyridine rings is 1. The molecular weight excluding hydrogens is 236 g/mol. The average molecular weight is 260 g/mol. The predicted molar refractivity (Wildman–Crippen MR) is 77.3 cm³/mol. The van der Waals surface area contributed by atoms with Gasteiger partial charge >= 0.3 is 0 Å². The van der Waals surface area contributed by atoms with E-state index in [9.17, 15) is 4.79 Å². The third kappa shape index (κ3) is 3.08. The summed E-state index contributed by atoms with van der Waals surface area (Å²) in [6.07, 6.45) is 8.75. The molecule has 1 saturated carbocycles. The molecule has 0 bridgehead atoms. The minimum atomic E-state index is 0.0319. The molecule has 104 valence electrons. The second-order valence-electron chi connectivity index (χ2n) is 6.15. The largest absolute Gasteiger partial charge is 0.326 e. The lowest BCUT2D eigenvalue weighted by Gasteiger charge is -2.30. The van der Waals surface area contributed by atoms with E-state index in [-0.39, 0.29) is 5.56 Å². The molecule has 1 aromatic rings. The maximum atomic E-state index is 11.4. The highest BCUT2D eigenvalue weighted by atomic mass is 16.1. The van der Waals surface area contributed by atoms with Crippen LogP contribution in [0.25, 0.3) is 0 Å². The summed E-state index contributed by atoms with van der Waals surface area (Å²) < 4.78 is 0. The van der Waals surface area contributed by atoms with Crippen LogP contribution in [0.2, 0.25) is 0 Å². The van der Waals surface area contributed by atoms with E-state index in [1.807, 2.05) is 6.07 Å². The van der Waals surface area contributed by atoms with Crippen molar-refractivity contribution in [3.8, 4) is 0 Å². The van der Waals surface area contributed by atoms with E-state index >= 15 is 0 Å². The first-order valence-electron chi connectivity index (χ1n) is 7.74. The van der Waals surface area contributed by atoms with E-state index in [4.69, 9.17) is 0 Å². The monoisotopic (exact) mass is 260 g/mol. The van der Waals surface area contributed by atoms with Crippen molar-refractivity contribution in [2.24, 2.45) is 5.92 Å². The molecule has 0 aliphatic heterocycles. The van der Waals surface area contributed by atoms with Crippen LogP contribution in [0.4, 0.5) is 0 Å².